The summed E-state index contributed by atoms with van der Waals surface area (Å²) in [5.41, 5.74) is 0. The molecule has 5 nitrogen and oxygen atoms in total. The van der Waals surface area contributed by atoms with Crippen LogP contribution in [0.5, 0.6) is 0 Å². The predicted molar refractivity (Wildman–Crippen MR) is 81.7 cm³/mol. The second kappa shape index (κ2) is 6.73. The van der Waals surface area contributed by atoms with Crippen LogP contribution in [0.2, 0.25) is 0 Å². The Balaban J connectivity index is 1.99. The molecule has 2 aliphatic rings. The molecule has 2 saturated heterocycles. The molecule has 0 aromatic rings. The van der Waals surface area contributed by atoms with Gasteiger partial charge in [-0.2, -0.15) is 17.0 Å². The molecule has 2 rings (SSSR count). The lowest BCUT2D eigenvalue weighted by Gasteiger charge is -2.34. The van der Waals surface area contributed by atoms with Gasteiger partial charge >= 0.3 is 0 Å². The van der Waals surface area contributed by atoms with E-state index in [0.29, 0.717) is 43.9 Å². The Bertz CT molecular complexity index is 409. The first-order valence-corrected chi connectivity index (χ1v) is 9.24. The molecule has 0 bridgehead atoms. The summed E-state index contributed by atoms with van der Waals surface area (Å²) in [6, 6.07) is 0. The van der Waals surface area contributed by atoms with Crippen LogP contribution in [0.25, 0.3) is 0 Å². The molecular formula is C14H29N3O2S. The summed E-state index contributed by atoms with van der Waals surface area (Å²) in [7, 11) is -1.31. The Morgan fingerprint density at radius 1 is 1.15 bits per heavy atom. The lowest BCUT2D eigenvalue weighted by molar-refractivity contribution is 0.247. The number of piperidine rings is 1. The molecule has 0 aromatic heterocycles. The Morgan fingerprint density at radius 2 is 1.85 bits per heavy atom. The maximum absolute atomic E-state index is 12.7. The molecule has 2 fully saturated rings. The van der Waals surface area contributed by atoms with E-state index in [1.165, 1.54) is 0 Å². The lowest BCUT2D eigenvalue weighted by atomic mass is 9.96. The molecule has 0 aromatic carbocycles. The molecule has 20 heavy (non-hydrogen) atoms. The zero-order chi connectivity index (χ0) is 14.8. The van der Waals surface area contributed by atoms with Crippen molar-refractivity contribution >= 4 is 10.2 Å². The molecule has 0 radical (unpaired) electrons. The van der Waals surface area contributed by atoms with Gasteiger partial charge in [-0.1, -0.05) is 13.8 Å². The summed E-state index contributed by atoms with van der Waals surface area (Å²) in [5, 5.41) is 3.17. The molecule has 6 heteroatoms. The smallest absolute Gasteiger partial charge is 0.281 e. The van der Waals surface area contributed by atoms with Gasteiger partial charge in [0.25, 0.3) is 10.2 Å². The normalized spacial score (nSPS) is 30.2. The van der Waals surface area contributed by atoms with E-state index in [1.54, 1.807) is 8.61 Å². The van der Waals surface area contributed by atoms with Crippen LogP contribution in [0.4, 0.5) is 0 Å². The van der Waals surface area contributed by atoms with Crippen LogP contribution in [0.15, 0.2) is 0 Å². The second-order valence-electron chi connectivity index (χ2n) is 6.58. The zero-order valence-corrected chi connectivity index (χ0v) is 13.8. The van der Waals surface area contributed by atoms with Crippen molar-refractivity contribution in [1.82, 2.24) is 13.9 Å². The van der Waals surface area contributed by atoms with Crippen molar-refractivity contribution in [1.29, 1.82) is 0 Å². The van der Waals surface area contributed by atoms with E-state index in [-0.39, 0.29) is 0 Å². The van der Waals surface area contributed by atoms with Crippen LogP contribution >= 0.6 is 0 Å². The van der Waals surface area contributed by atoms with Crippen molar-refractivity contribution in [3.63, 3.8) is 0 Å². The minimum Gasteiger partial charge on any atom is -0.319 e. The maximum Gasteiger partial charge on any atom is 0.281 e. The van der Waals surface area contributed by atoms with Gasteiger partial charge in [-0.05, 0) is 50.6 Å². The van der Waals surface area contributed by atoms with E-state index in [9.17, 15) is 8.42 Å². The van der Waals surface area contributed by atoms with Gasteiger partial charge in [0.05, 0.1) is 0 Å². The van der Waals surface area contributed by atoms with Crippen molar-refractivity contribution in [3.05, 3.63) is 0 Å². The minimum atomic E-state index is -3.24. The fourth-order valence-electron chi connectivity index (χ4n) is 3.36. The number of nitrogens with one attached hydrogen (secondary N) is 1. The van der Waals surface area contributed by atoms with Crippen LogP contribution < -0.4 is 5.32 Å². The van der Waals surface area contributed by atoms with E-state index in [2.05, 4.69) is 19.2 Å². The summed E-state index contributed by atoms with van der Waals surface area (Å²) in [4.78, 5) is 0. The molecule has 0 saturated carbocycles. The number of hydrogen-bond acceptors (Lipinski definition) is 3. The molecule has 0 amide bonds. The van der Waals surface area contributed by atoms with Crippen molar-refractivity contribution in [3.8, 4) is 0 Å². The van der Waals surface area contributed by atoms with E-state index >= 15 is 0 Å². The standard InChI is InChI=1S/C14H29N3O2S/c1-12(2)14-6-8-17(11-14)20(18,19)16-7-4-5-13(10-16)9-15-3/h12-15H,4-11H2,1-3H3. The first kappa shape index (κ1) is 16.2. The number of rotatable bonds is 5. The van der Waals surface area contributed by atoms with E-state index < -0.39 is 10.2 Å². The lowest BCUT2D eigenvalue weighted by Crippen LogP contribution is -2.48. The SMILES string of the molecule is CNCC1CCCN(S(=O)(=O)N2CCC(C(C)C)C2)C1. The van der Waals surface area contributed by atoms with E-state index in [0.717, 1.165) is 25.8 Å². The molecule has 0 spiro atoms. The third kappa shape index (κ3) is 3.53. The van der Waals surface area contributed by atoms with Crippen LogP contribution in [-0.2, 0) is 10.2 Å². The predicted octanol–water partition coefficient (Wildman–Crippen LogP) is 1.14. The molecule has 118 valence electrons. The van der Waals surface area contributed by atoms with Gasteiger partial charge in [-0.3, -0.25) is 0 Å². The topological polar surface area (TPSA) is 52.7 Å². The van der Waals surface area contributed by atoms with Gasteiger partial charge in [-0.25, -0.2) is 0 Å². The molecule has 2 atom stereocenters. The Hall–Kier alpha value is -0.170. The largest absolute Gasteiger partial charge is 0.319 e. The van der Waals surface area contributed by atoms with Crippen molar-refractivity contribution in [2.24, 2.45) is 17.8 Å². The van der Waals surface area contributed by atoms with Gasteiger partial charge in [0, 0.05) is 26.2 Å². The minimum absolute atomic E-state index is 0.451. The maximum atomic E-state index is 12.7. The molecule has 2 unspecified atom stereocenters. The van der Waals surface area contributed by atoms with E-state index in [4.69, 9.17) is 0 Å². The van der Waals surface area contributed by atoms with Gasteiger partial charge in [0.15, 0.2) is 0 Å². The van der Waals surface area contributed by atoms with Crippen LogP contribution in [0.3, 0.4) is 0 Å². The highest BCUT2D eigenvalue weighted by atomic mass is 32.2. The van der Waals surface area contributed by atoms with E-state index in [1.807, 2.05) is 7.05 Å². The molecular weight excluding hydrogens is 274 g/mol. The highest BCUT2D eigenvalue weighted by Crippen LogP contribution is 2.28. The van der Waals surface area contributed by atoms with Crippen LogP contribution in [-0.4, -0.2) is 56.8 Å². The van der Waals surface area contributed by atoms with Crippen LogP contribution in [0, 0.1) is 17.8 Å². The van der Waals surface area contributed by atoms with Crippen molar-refractivity contribution in [2.45, 2.75) is 33.1 Å². The molecule has 0 aliphatic carbocycles. The quantitative estimate of drug-likeness (QED) is 0.829. The molecule has 2 heterocycles. The van der Waals surface area contributed by atoms with Crippen molar-refractivity contribution in [2.75, 3.05) is 39.8 Å². The second-order valence-corrected chi connectivity index (χ2v) is 8.51. The highest BCUT2D eigenvalue weighted by Gasteiger charge is 2.38. The summed E-state index contributed by atoms with van der Waals surface area (Å²) in [6.07, 6.45) is 3.11. The first-order valence-electron chi connectivity index (χ1n) is 7.85. The Kier molecular flexibility index (Phi) is 5.45. The van der Waals surface area contributed by atoms with Gasteiger partial charge in [0.1, 0.15) is 0 Å². The summed E-state index contributed by atoms with van der Waals surface area (Å²) >= 11 is 0. The highest BCUT2D eigenvalue weighted by molar-refractivity contribution is 7.86. The summed E-state index contributed by atoms with van der Waals surface area (Å²) in [5.74, 6) is 1.53. The zero-order valence-electron chi connectivity index (χ0n) is 13.0. The fraction of sp³-hybridized carbons (Fsp3) is 1.00. The fourth-order valence-corrected chi connectivity index (χ4v) is 5.16. The van der Waals surface area contributed by atoms with Gasteiger partial charge < -0.3 is 5.32 Å². The third-order valence-electron chi connectivity index (χ3n) is 4.76. The molecule has 2 aliphatic heterocycles. The summed E-state index contributed by atoms with van der Waals surface area (Å²) in [6.45, 7) is 8.03. The number of nitrogens with zero attached hydrogens (tertiary/aromatic N) is 2. The average Bonchev–Trinajstić information content (AvgIpc) is 2.90. The first-order chi connectivity index (χ1) is 9.45. The molecule has 1 N–H and O–H groups in total. The van der Waals surface area contributed by atoms with Gasteiger partial charge in [-0.15, -0.1) is 0 Å². The number of hydrogen-bond donors (Lipinski definition) is 1. The van der Waals surface area contributed by atoms with Crippen molar-refractivity contribution < 1.29 is 8.42 Å². The Labute approximate surface area is 123 Å². The third-order valence-corrected chi connectivity index (χ3v) is 6.73. The van der Waals surface area contributed by atoms with Gasteiger partial charge in [0.2, 0.25) is 0 Å². The monoisotopic (exact) mass is 303 g/mol. The average molecular weight is 303 g/mol. The Morgan fingerprint density at radius 3 is 2.45 bits per heavy atom. The van der Waals surface area contributed by atoms with Crippen LogP contribution in [0.1, 0.15) is 33.1 Å². The summed E-state index contributed by atoms with van der Waals surface area (Å²) < 4.78 is 28.9.